The predicted octanol–water partition coefficient (Wildman–Crippen LogP) is 4.48. The summed E-state index contributed by atoms with van der Waals surface area (Å²) in [5.74, 6) is -1.37. The topological polar surface area (TPSA) is 53.1 Å². The van der Waals surface area contributed by atoms with Gasteiger partial charge >= 0.3 is 12.1 Å². The standard InChI is InChI=1S/C17H12F3NO2/c18-17(19,20)14-6-3-5-12(16(22)23)13(14)9-11-8-10-4-1-2-7-15(10)21-11/h1-8,21H,9H2,(H,22,23). The van der Waals surface area contributed by atoms with Gasteiger partial charge in [-0.2, -0.15) is 13.2 Å². The van der Waals surface area contributed by atoms with E-state index < -0.39 is 17.7 Å². The lowest BCUT2D eigenvalue weighted by atomic mass is 9.96. The van der Waals surface area contributed by atoms with E-state index in [0.717, 1.165) is 23.0 Å². The van der Waals surface area contributed by atoms with E-state index in [9.17, 15) is 23.1 Å². The van der Waals surface area contributed by atoms with Crippen molar-refractivity contribution in [3.63, 3.8) is 0 Å². The smallest absolute Gasteiger partial charge is 0.416 e. The van der Waals surface area contributed by atoms with Crippen molar-refractivity contribution in [3.8, 4) is 0 Å². The van der Waals surface area contributed by atoms with Crippen LogP contribution in [0.2, 0.25) is 0 Å². The molecular weight excluding hydrogens is 307 g/mol. The fourth-order valence-electron chi connectivity index (χ4n) is 2.66. The summed E-state index contributed by atoms with van der Waals surface area (Å²) in [6.07, 6.45) is -4.74. The number of fused-ring (bicyclic) bond motifs is 1. The van der Waals surface area contributed by atoms with Crippen molar-refractivity contribution in [1.29, 1.82) is 0 Å². The maximum Gasteiger partial charge on any atom is 0.416 e. The number of aromatic nitrogens is 1. The molecule has 3 aromatic rings. The lowest BCUT2D eigenvalue weighted by molar-refractivity contribution is -0.138. The molecule has 0 amide bonds. The summed E-state index contributed by atoms with van der Waals surface area (Å²) in [5, 5.41) is 10.1. The Kier molecular flexibility index (Phi) is 3.60. The highest BCUT2D eigenvalue weighted by atomic mass is 19.4. The number of carbonyl (C=O) groups is 1. The minimum absolute atomic E-state index is 0.133. The number of H-pyrrole nitrogens is 1. The summed E-state index contributed by atoms with van der Waals surface area (Å²) in [7, 11) is 0. The third kappa shape index (κ3) is 2.92. The number of alkyl halides is 3. The first-order chi connectivity index (χ1) is 10.9. The fourth-order valence-corrected chi connectivity index (χ4v) is 2.66. The van der Waals surface area contributed by atoms with E-state index in [0.29, 0.717) is 5.69 Å². The molecule has 0 spiro atoms. The summed E-state index contributed by atoms with van der Waals surface area (Å²) < 4.78 is 39.6. The van der Waals surface area contributed by atoms with Crippen LogP contribution in [0.3, 0.4) is 0 Å². The third-order valence-electron chi connectivity index (χ3n) is 3.66. The average Bonchev–Trinajstić information content (AvgIpc) is 2.88. The van der Waals surface area contributed by atoms with Crippen molar-refractivity contribution in [1.82, 2.24) is 4.98 Å². The van der Waals surface area contributed by atoms with Crippen molar-refractivity contribution < 1.29 is 23.1 Å². The Bertz CT molecular complexity index is 848. The van der Waals surface area contributed by atoms with E-state index in [-0.39, 0.29) is 17.5 Å². The molecule has 0 fully saturated rings. The Morgan fingerprint density at radius 1 is 1.09 bits per heavy atom. The van der Waals surface area contributed by atoms with E-state index in [2.05, 4.69) is 4.98 Å². The summed E-state index contributed by atoms with van der Waals surface area (Å²) in [6, 6.07) is 12.2. The Labute approximate surface area is 129 Å². The molecule has 3 rings (SSSR count). The van der Waals surface area contributed by atoms with Crippen LogP contribution in [0.4, 0.5) is 13.2 Å². The molecule has 6 heteroatoms. The van der Waals surface area contributed by atoms with Gasteiger partial charge in [-0.15, -0.1) is 0 Å². The second-order valence-electron chi connectivity index (χ2n) is 5.19. The van der Waals surface area contributed by atoms with Crippen LogP contribution in [0, 0.1) is 0 Å². The van der Waals surface area contributed by atoms with Gasteiger partial charge in [0.05, 0.1) is 11.1 Å². The van der Waals surface area contributed by atoms with Gasteiger partial charge in [-0.1, -0.05) is 24.3 Å². The Balaban J connectivity index is 2.12. The number of hydrogen-bond donors (Lipinski definition) is 2. The maximum absolute atomic E-state index is 13.2. The van der Waals surface area contributed by atoms with Gasteiger partial charge in [0, 0.05) is 17.6 Å². The molecule has 23 heavy (non-hydrogen) atoms. The molecular formula is C17H12F3NO2. The van der Waals surface area contributed by atoms with Gasteiger partial charge in [0.2, 0.25) is 0 Å². The molecule has 0 bridgehead atoms. The number of aromatic amines is 1. The average molecular weight is 319 g/mol. The lowest BCUT2D eigenvalue weighted by Crippen LogP contribution is -2.14. The summed E-state index contributed by atoms with van der Waals surface area (Å²) in [6.45, 7) is 0. The molecule has 1 aromatic heterocycles. The summed E-state index contributed by atoms with van der Waals surface area (Å²) in [4.78, 5) is 14.3. The van der Waals surface area contributed by atoms with Gasteiger partial charge in [0.25, 0.3) is 0 Å². The predicted molar refractivity (Wildman–Crippen MR) is 79.5 cm³/mol. The quantitative estimate of drug-likeness (QED) is 0.748. The lowest BCUT2D eigenvalue weighted by Gasteiger charge is -2.14. The van der Waals surface area contributed by atoms with Crippen LogP contribution in [-0.2, 0) is 12.6 Å². The molecule has 2 aromatic carbocycles. The van der Waals surface area contributed by atoms with Crippen LogP contribution in [0.5, 0.6) is 0 Å². The second-order valence-corrected chi connectivity index (χ2v) is 5.19. The van der Waals surface area contributed by atoms with E-state index in [1.54, 1.807) is 6.07 Å². The molecule has 0 unspecified atom stereocenters. The molecule has 0 aliphatic carbocycles. The van der Waals surface area contributed by atoms with Gasteiger partial charge in [-0.05, 0) is 35.2 Å². The SMILES string of the molecule is O=C(O)c1cccc(C(F)(F)F)c1Cc1cc2ccccc2[nH]1. The highest BCUT2D eigenvalue weighted by molar-refractivity contribution is 5.90. The normalized spacial score (nSPS) is 11.8. The molecule has 0 saturated carbocycles. The number of halogens is 3. The van der Waals surface area contributed by atoms with Crippen LogP contribution < -0.4 is 0 Å². The number of para-hydroxylation sites is 1. The van der Waals surface area contributed by atoms with Gasteiger partial charge < -0.3 is 10.1 Å². The Hall–Kier alpha value is -2.76. The van der Waals surface area contributed by atoms with Crippen molar-refractivity contribution >= 4 is 16.9 Å². The van der Waals surface area contributed by atoms with Gasteiger partial charge in [0.15, 0.2) is 0 Å². The largest absolute Gasteiger partial charge is 0.478 e. The van der Waals surface area contributed by atoms with E-state index in [4.69, 9.17) is 0 Å². The van der Waals surface area contributed by atoms with Crippen LogP contribution in [0.25, 0.3) is 10.9 Å². The number of benzene rings is 2. The highest BCUT2D eigenvalue weighted by Crippen LogP contribution is 2.34. The maximum atomic E-state index is 13.2. The molecule has 0 radical (unpaired) electrons. The van der Waals surface area contributed by atoms with Gasteiger partial charge in [0.1, 0.15) is 0 Å². The van der Waals surface area contributed by atoms with Gasteiger partial charge in [-0.25, -0.2) is 4.79 Å². The monoisotopic (exact) mass is 319 g/mol. The van der Waals surface area contributed by atoms with Crippen molar-refractivity contribution in [2.75, 3.05) is 0 Å². The van der Waals surface area contributed by atoms with Crippen molar-refractivity contribution in [2.24, 2.45) is 0 Å². The van der Waals surface area contributed by atoms with E-state index >= 15 is 0 Å². The van der Waals surface area contributed by atoms with Crippen LogP contribution >= 0.6 is 0 Å². The molecule has 0 aliphatic heterocycles. The highest BCUT2D eigenvalue weighted by Gasteiger charge is 2.35. The third-order valence-corrected chi connectivity index (χ3v) is 3.66. The molecule has 1 heterocycles. The van der Waals surface area contributed by atoms with E-state index in [1.807, 2.05) is 24.3 Å². The van der Waals surface area contributed by atoms with Crippen molar-refractivity contribution in [2.45, 2.75) is 12.6 Å². The molecule has 0 saturated heterocycles. The van der Waals surface area contributed by atoms with Crippen molar-refractivity contribution in [3.05, 3.63) is 70.9 Å². The first-order valence-corrected chi connectivity index (χ1v) is 6.85. The number of rotatable bonds is 3. The van der Waals surface area contributed by atoms with Crippen LogP contribution in [0.15, 0.2) is 48.5 Å². The minimum atomic E-state index is -4.60. The first-order valence-electron chi connectivity index (χ1n) is 6.85. The Morgan fingerprint density at radius 2 is 1.83 bits per heavy atom. The zero-order chi connectivity index (χ0) is 16.6. The number of carboxylic acids is 1. The summed E-state index contributed by atoms with van der Waals surface area (Å²) >= 11 is 0. The number of carboxylic acid groups (broad SMARTS) is 1. The second kappa shape index (κ2) is 5.46. The molecule has 118 valence electrons. The molecule has 3 nitrogen and oxygen atoms in total. The zero-order valence-electron chi connectivity index (χ0n) is 11.8. The molecule has 0 aliphatic rings. The van der Waals surface area contributed by atoms with Crippen LogP contribution in [-0.4, -0.2) is 16.1 Å². The van der Waals surface area contributed by atoms with Crippen LogP contribution in [0.1, 0.15) is 27.2 Å². The molecule has 0 atom stereocenters. The van der Waals surface area contributed by atoms with E-state index in [1.165, 1.54) is 6.07 Å². The number of nitrogens with one attached hydrogen (secondary N) is 1. The zero-order valence-corrected chi connectivity index (χ0v) is 11.8. The molecule has 2 N–H and O–H groups in total. The summed E-state index contributed by atoms with van der Waals surface area (Å²) in [5.41, 5.74) is -0.164. The Morgan fingerprint density at radius 3 is 2.48 bits per heavy atom. The van der Waals surface area contributed by atoms with Gasteiger partial charge in [-0.3, -0.25) is 0 Å². The first kappa shape index (κ1) is 15.1. The minimum Gasteiger partial charge on any atom is -0.478 e. The number of hydrogen-bond acceptors (Lipinski definition) is 1. The number of aromatic carboxylic acids is 1. The fraction of sp³-hybridized carbons (Fsp3) is 0.118.